The fourth-order valence-electron chi connectivity index (χ4n) is 1.55. The number of unbranched alkanes of at least 4 members (excludes halogenated alkanes) is 2. The van der Waals surface area contributed by atoms with E-state index >= 15 is 0 Å². The molecule has 0 aliphatic rings. The zero-order valence-electron chi connectivity index (χ0n) is 9.73. The van der Waals surface area contributed by atoms with Crippen LogP contribution in [0.2, 0.25) is 8.87 Å². The van der Waals surface area contributed by atoms with E-state index in [1.54, 1.807) is 8.87 Å². The molecule has 0 aromatic heterocycles. The Balaban J connectivity index is 3.25. The van der Waals surface area contributed by atoms with Crippen LogP contribution in [-0.2, 0) is 0 Å². The number of hydrogen-bond donors (Lipinski definition) is 0. The summed E-state index contributed by atoms with van der Waals surface area (Å²) in [6, 6.07) is 0. The summed E-state index contributed by atoms with van der Waals surface area (Å²) in [6.07, 6.45) is 8.72. The van der Waals surface area contributed by atoms with E-state index in [2.05, 4.69) is 20.8 Å². The monoisotopic (exact) mass is 290 g/mol. The molecule has 0 aromatic rings. The summed E-state index contributed by atoms with van der Waals surface area (Å²) in [6.45, 7) is 7.00. The molecular weight excluding hydrogens is 263 g/mol. The molecule has 1 atom stereocenters. The van der Waals surface area contributed by atoms with Gasteiger partial charge in [-0.15, -0.1) is 0 Å². The maximum atomic E-state index is 2.37. The van der Waals surface area contributed by atoms with Gasteiger partial charge in [0.2, 0.25) is 0 Å². The van der Waals surface area contributed by atoms with Crippen molar-refractivity contribution in [1.82, 2.24) is 0 Å². The van der Waals surface area contributed by atoms with Gasteiger partial charge in [-0.05, 0) is 0 Å². The fraction of sp³-hybridized carbons (Fsp3) is 1.00. The first kappa shape index (κ1) is 13.8. The van der Waals surface area contributed by atoms with Gasteiger partial charge in [-0.3, -0.25) is 0 Å². The average molecular weight is 289 g/mol. The minimum absolute atomic E-state index is 0.0553. The van der Waals surface area contributed by atoms with Gasteiger partial charge in [0, 0.05) is 0 Å². The van der Waals surface area contributed by atoms with Crippen LogP contribution in [0.1, 0.15) is 59.3 Å². The van der Waals surface area contributed by atoms with Gasteiger partial charge in [-0.1, -0.05) is 0 Å². The molecule has 0 aliphatic heterocycles. The third-order valence-corrected chi connectivity index (χ3v) is 7.17. The Bertz CT molecular complexity index is 91.1. The first-order valence-electron chi connectivity index (χ1n) is 6.05. The Labute approximate surface area is 95.1 Å². The van der Waals surface area contributed by atoms with Crippen LogP contribution in [0.15, 0.2) is 0 Å². The number of hydrogen-bond acceptors (Lipinski definition) is 0. The minimum atomic E-state index is 0.0553. The van der Waals surface area contributed by atoms with E-state index in [9.17, 15) is 0 Å². The molecule has 13 heavy (non-hydrogen) atoms. The van der Waals surface area contributed by atoms with Crippen molar-refractivity contribution in [1.29, 1.82) is 0 Å². The van der Waals surface area contributed by atoms with E-state index in [0.29, 0.717) is 0 Å². The van der Waals surface area contributed by atoms with Crippen molar-refractivity contribution in [3.63, 3.8) is 0 Å². The summed E-state index contributed by atoms with van der Waals surface area (Å²) < 4.78 is 3.28. The molecule has 0 aromatic carbocycles. The summed E-state index contributed by atoms with van der Waals surface area (Å²) in [7, 11) is 0. The normalized spacial score (nSPS) is 13.2. The van der Waals surface area contributed by atoms with E-state index in [-0.39, 0.29) is 21.1 Å². The van der Waals surface area contributed by atoms with Gasteiger partial charge in [0.1, 0.15) is 0 Å². The molecule has 0 rings (SSSR count). The van der Waals surface area contributed by atoms with Crippen LogP contribution >= 0.6 is 0 Å². The topological polar surface area (TPSA) is 0 Å². The predicted molar refractivity (Wildman–Crippen MR) is 63.6 cm³/mol. The van der Waals surface area contributed by atoms with Crippen molar-refractivity contribution in [3.8, 4) is 0 Å². The molecular formula is C12H26Sn. The Morgan fingerprint density at radius 2 is 1.69 bits per heavy atom. The van der Waals surface area contributed by atoms with Gasteiger partial charge in [-0.2, -0.15) is 0 Å². The van der Waals surface area contributed by atoms with Gasteiger partial charge >= 0.3 is 95.2 Å². The first-order chi connectivity index (χ1) is 6.35. The van der Waals surface area contributed by atoms with Crippen LogP contribution in [0.25, 0.3) is 0 Å². The van der Waals surface area contributed by atoms with Gasteiger partial charge in [0.05, 0.1) is 0 Å². The molecule has 0 nitrogen and oxygen atoms in total. The molecule has 0 spiro atoms. The molecule has 0 saturated heterocycles. The Hall–Kier alpha value is 0.799. The van der Waals surface area contributed by atoms with Gasteiger partial charge in [-0.25, -0.2) is 0 Å². The first-order valence-corrected chi connectivity index (χ1v) is 10.1. The predicted octanol–water partition coefficient (Wildman–Crippen LogP) is 4.54. The summed E-state index contributed by atoms with van der Waals surface area (Å²) in [5.41, 5.74) is 0. The quantitative estimate of drug-likeness (QED) is 0.431. The van der Waals surface area contributed by atoms with Crippen LogP contribution in [0.5, 0.6) is 0 Å². The summed E-state index contributed by atoms with van der Waals surface area (Å²) in [5.74, 6) is 1.10. The Morgan fingerprint density at radius 1 is 1.00 bits per heavy atom. The summed E-state index contributed by atoms with van der Waals surface area (Å²) in [5, 5.41) is 0. The van der Waals surface area contributed by atoms with E-state index in [1.807, 2.05) is 0 Å². The molecule has 2 radical (unpaired) electrons. The maximum absolute atomic E-state index is 2.37. The molecule has 0 saturated carbocycles. The Morgan fingerprint density at radius 3 is 2.23 bits per heavy atom. The van der Waals surface area contributed by atoms with Crippen LogP contribution in [0.4, 0.5) is 0 Å². The van der Waals surface area contributed by atoms with Gasteiger partial charge in [0.15, 0.2) is 0 Å². The van der Waals surface area contributed by atoms with Crippen molar-refractivity contribution in [2.24, 2.45) is 5.92 Å². The second-order valence-corrected chi connectivity index (χ2v) is 7.99. The van der Waals surface area contributed by atoms with Gasteiger partial charge in [0.25, 0.3) is 0 Å². The molecule has 0 bridgehead atoms. The third-order valence-electron chi connectivity index (χ3n) is 2.68. The van der Waals surface area contributed by atoms with E-state index in [1.165, 1.54) is 38.5 Å². The van der Waals surface area contributed by atoms with Crippen molar-refractivity contribution >= 4 is 21.1 Å². The van der Waals surface area contributed by atoms with E-state index in [4.69, 9.17) is 0 Å². The molecule has 1 unspecified atom stereocenters. The molecule has 0 aliphatic carbocycles. The van der Waals surface area contributed by atoms with E-state index in [0.717, 1.165) is 5.92 Å². The van der Waals surface area contributed by atoms with Gasteiger partial charge < -0.3 is 0 Å². The van der Waals surface area contributed by atoms with Crippen LogP contribution in [0, 0.1) is 5.92 Å². The molecule has 78 valence electrons. The van der Waals surface area contributed by atoms with Crippen molar-refractivity contribution in [3.05, 3.63) is 0 Å². The van der Waals surface area contributed by atoms with Crippen LogP contribution in [-0.4, -0.2) is 21.1 Å². The SMILES string of the molecule is CCC[CH2][Sn][CH2]C(CC)CCCC. The van der Waals surface area contributed by atoms with Crippen LogP contribution in [0.3, 0.4) is 0 Å². The van der Waals surface area contributed by atoms with Crippen molar-refractivity contribution in [2.45, 2.75) is 68.2 Å². The number of rotatable bonds is 9. The zero-order chi connectivity index (χ0) is 9.94. The van der Waals surface area contributed by atoms with Crippen molar-refractivity contribution < 1.29 is 0 Å². The third kappa shape index (κ3) is 9.11. The van der Waals surface area contributed by atoms with Crippen LogP contribution < -0.4 is 0 Å². The molecule has 0 N–H and O–H groups in total. The molecule has 0 heterocycles. The second-order valence-electron chi connectivity index (χ2n) is 3.97. The fourth-order valence-corrected chi connectivity index (χ4v) is 6.43. The molecule has 0 amide bonds. The van der Waals surface area contributed by atoms with Crippen molar-refractivity contribution in [2.75, 3.05) is 0 Å². The Kier molecular flexibility index (Phi) is 11.5. The summed E-state index contributed by atoms with van der Waals surface area (Å²) in [4.78, 5) is 0. The zero-order valence-corrected chi connectivity index (χ0v) is 12.6. The summed E-state index contributed by atoms with van der Waals surface area (Å²) >= 11 is 0.0553. The molecule has 1 heteroatoms. The van der Waals surface area contributed by atoms with E-state index < -0.39 is 0 Å². The molecule has 0 fully saturated rings. The average Bonchev–Trinajstić information content (AvgIpc) is 2.17. The standard InChI is InChI=1S/C8H17.C4H9.Sn/c1-4-6-7-8(3)5-2;1-3-4-2;/h8H,3-7H2,1-2H3;1,3-4H2,2H3;. The second kappa shape index (κ2) is 10.9.